The lowest BCUT2D eigenvalue weighted by Crippen LogP contribution is -2.27. The molecule has 0 radical (unpaired) electrons. The highest BCUT2D eigenvalue weighted by Crippen LogP contribution is 2.17. The van der Waals surface area contributed by atoms with Crippen LogP contribution in [-0.2, 0) is 11.2 Å². The molecule has 0 fully saturated rings. The number of benzene rings is 2. The Morgan fingerprint density at radius 3 is 2.48 bits per heavy atom. The van der Waals surface area contributed by atoms with Crippen LogP contribution in [0.2, 0.25) is 0 Å². The molecule has 0 aliphatic rings. The fourth-order valence-corrected chi connectivity index (χ4v) is 2.41. The summed E-state index contributed by atoms with van der Waals surface area (Å²) in [6.07, 6.45) is 1.22. The van der Waals surface area contributed by atoms with Gasteiger partial charge in [0.15, 0.2) is 0 Å². The summed E-state index contributed by atoms with van der Waals surface area (Å²) in [7, 11) is 0. The van der Waals surface area contributed by atoms with Crippen molar-refractivity contribution in [2.24, 2.45) is 0 Å². The Hall–Kier alpha value is -2.29. The maximum Gasteiger partial charge on any atom is 0.220 e. The van der Waals surface area contributed by atoms with Crippen molar-refractivity contribution < 1.29 is 4.79 Å². The van der Waals surface area contributed by atoms with Crippen molar-refractivity contribution in [3.8, 4) is 0 Å². The highest BCUT2D eigenvalue weighted by molar-refractivity contribution is 5.76. The summed E-state index contributed by atoms with van der Waals surface area (Å²) < 4.78 is 0. The summed E-state index contributed by atoms with van der Waals surface area (Å²) in [5.74, 6) is 0.0718. The maximum atomic E-state index is 12.0. The van der Waals surface area contributed by atoms with Crippen LogP contribution < -0.4 is 11.1 Å². The van der Waals surface area contributed by atoms with Crippen LogP contribution in [0, 0.1) is 6.92 Å². The Balaban J connectivity index is 1.87. The van der Waals surface area contributed by atoms with Crippen molar-refractivity contribution in [2.75, 3.05) is 5.73 Å². The number of carbonyl (C=O) groups is 1. The number of hydrogen-bond acceptors (Lipinski definition) is 2. The molecule has 3 N–H and O–H groups in total. The molecular formula is C18H22N2O. The number of hydrogen-bond donors (Lipinski definition) is 2. The summed E-state index contributed by atoms with van der Waals surface area (Å²) in [5.41, 5.74) is 9.89. The number of anilines is 1. The number of nitrogens with two attached hydrogens (primary N) is 1. The van der Waals surface area contributed by atoms with Gasteiger partial charge in [0.25, 0.3) is 0 Å². The Morgan fingerprint density at radius 2 is 1.81 bits per heavy atom. The minimum absolute atomic E-state index is 0.0325. The fourth-order valence-electron chi connectivity index (χ4n) is 2.41. The largest absolute Gasteiger partial charge is 0.399 e. The molecule has 2 aromatic carbocycles. The molecule has 3 heteroatoms. The van der Waals surface area contributed by atoms with E-state index in [9.17, 15) is 4.79 Å². The van der Waals surface area contributed by atoms with Gasteiger partial charge in [-0.3, -0.25) is 4.79 Å². The van der Waals surface area contributed by atoms with Crippen LogP contribution in [0.4, 0.5) is 5.69 Å². The van der Waals surface area contributed by atoms with E-state index < -0.39 is 0 Å². The molecule has 0 saturated carbocycles. The van der Waals surface area contributed by atoms with Crippen LogP contribution in [0.5, 0.6) is 0 Å². The third-order valence-corrected chi connectivity index (χ3v) is 3.65. The van der Waals surface area contributed by atoms with E-state index in [-0.39, 0.29) is 11.9 Å². The third kappa shape index (κ3) is 4.35. The van der Waals surface area contributed by atoms with E-state index in [4.69, 9.17) is 5.73 Å². The van der Waals surface area contributed by atoms with Gasteiger partial charge in [0.2, 0.25) is 5.91 Å². The van der Waals surface area contributed by atoms with Gasteiger partial charge >= 0.3 is 0 Å². The standard InChI is InChI=1S/C18H22N2O/c1-13-5-3-4-6-17(13)14(2)20-18(21)12-9-15-7-10-16(19)11-8-15/h3-8,10-11,14H,9,12,19H2,1-2H3,(H,20,21)/t14-/m1/s1. The van der Waals surface area contributed by atoms with E-state index in [1.54, 1.807) is 0 Å². The molecule has 1 atom stereocenters. The van der Waals surface area contributed by atoms with Crippen molar-refractivity contribution in [2.45, 2.75) is 32.7 Å². The molecule has 0 saturated heterocycles. The maximum absolute atomic E-state index is 12.0. The minimum atomic E-state index is 0.0325. The van der Waals surface area contributed by atoms with Gasteiger partial charge in [-0.2, -0.15) is 0 Å². The predicted molar refractivity (Wildman–Crippen MR) is 86.9 cm³/mol. The van der Waals surface area contributed by atoms with E-state index in [0.29, 0.717) is 6.42 Å². The normalized spacial score (nSPS) is 11.9. The van der Waals surface area contributed by atoms with E-state index in [1.165, 1.54) is 11.1 Å². The number of rotatable bonds is 5. The molecule has 3 nitrogen and oxygen atoms in total. The zero-order chi connectivity index (χ0) is 15.2. The first-order chi connectivity index (χ1) is 10.1. The molecule has 2 rings (SSSR count). The Labute approximate surface area is 126 Å². The van der Waals surface area contributed by atoms with E-state index in [2.05, 4.69) is 24.4 Å². The Morgan fingerprint density at radius 1 is 1.14 bits per heavy atom. The fraction of sp³-hybridized carbons (Fsp3) is 0.278. The number of aryl methyl sites for hydroxylation is 2. The zero-order valence-electron chi connectivity index (χ0n) is 12.6. The highest BCUT2D eigenvalue weighted by Gasteiger charge is 2.11. The zero-order valence-corrected chi connectivity index (χ0v) is 12.6. The van der Waals surface area contributed by atoms with Crippen LogP contribution >= 0.6 is 0 Å². The first kappa shape index (κ1) is 15.1. The van der Waals surface area contributed by atoms with Gasteiger partial charge in [0, 0.05) is 12.1 Å². The Kier molecular flexibility index (Phi) is 4.99. The van der Waals surface area contributed by atoms with Gasteiger partial charge < -0.3 is 11.1 Å². The molecule has 0 heterocycles. The van der Waals surface area contributed by atoms with E-state index in [0.717, 1.165) is 17.7 Å². The lowest BCUT2D eigenvalue weighted by molar-refractivity contribution is -0.121. The van der Waals surface area contributed by atoms with Crippen LogP contribution in [0.15, 0.2) is 48.5 Å². The molecule has 0 aliphatic heterocycles. The Bertz CT molecular complexity index is 605. The molecule has 2 aromatic rings. The van der Waals surface area contributed by atoms with E-state index in [1.807, 2.05) is 43.3 Å². The van der Waals surface area contributed by atoms with Crippen molar-refractivity contribution >= 4 is 11.6 Å². The summed E-state index contributed by atoms with van der Waals surface area (Å²) in [4.78, 5) is 12.0. The monoisotopic (exact) mass is 282 g/mol. The topological polar surface area (TPSA) is 55.1 Å². The molecule has 110 valence electrons. The van der Waals surface area contributed by atoms with Gasteiger partial charge in [0.05, 0.1) is 6.04 Å². The van der Waals surface area contributed by atoms with Gasteiger partial charge in [-0.25, -0.2) is 0 Å². The van der Waals surface area contributed by atoms with Crippen LogP contribution in [0.3, 0.4) is 0 Å². The third-order valence-electron chi connectivity index (χ3n) is 3.65. The van der Waals surface area contributed by atoms with Gasteiger partial charge in [0.1, 0.15) is 0 Å². The lowest BCUT2D eigenvalue weighted by atomic mass is 10.0. The number of nitrogen functional groups attached to an aromatic ring is 1. The molecule has 0 aliphatic carbocycles. The summed E-state index contributed by atoms with van der Waals surface area (Å²) in [5, 5.41) is 3.06. The van der Waals surface area contributed by atoms with E-state index >= 15 is 0 Å². The van der Waals surface area contributed by atoms with Crippen LogP contribution in [0.1, 0.15) is 36.1 Å². The second kappa shape index (κ2) is 6.93. The molecule has 0 bridgehead atoms. The molecular weight excluding hydrogens is 260 g/mol. The second-order valence-electron chi connectivity index (χ2n) is 5.39. The summed E-state index contributed by atoms with van der Waals surface area (Å²) >= 11 is 0. The lowest BCUT2D eigenvalue weighted by Gasteiger charge is -2.16. The number of amides is 1. The predicted octanol–water partition coefficient (Wildman–Crippen LogP) is 3.39. The molecule has 1 amide bonds. The molecule has 0 unspecified atom stereocenters. The average molecular weight is 282 g/mol. The second-order valence-corrected chi connectivity index (χ2v) is 5.39. The summed E-state index contributed by atoms with van der Waals surface area (Å²) in [6.45, 7) is 4.08. The van der Waals surface area contributed by atoms with Crippen molar-refractivity contribution in [3.63, 3.8) is 0 Å². The van der Waals surface area contributed by atoms with Gasteiger partial charge in [-0.05, 0) is 49.1 Å². The minimum Gasteiger partial charge on any atom is -0.399 e. The smallest absolute Gasteiger partial charge is 0.220 e. The molecule has 0 spiro atoms. The van der Waals surface area contributed by atoms with Crippen molar-refractivity contribution in [3.05, 3.63) is 65.2 Å². The SMILES string of the molecule is Cc1ccccc1[C@@H](C)NC(=O)CCc1ccc(N)cc1. The summed E-state index contributed by atoms with van der Waals surface area (Å²) in [6, 6.07) is 15.8. The number of nitrogens with one attached hydrogen (secondary N) is 1. The van der Waals surface area contributed by atoms with Crippen molar-refractivity contribution in [1.82, 2.24) is 5.32 Å². The van der Waals surface area contributed by atoms with Crippen molar-refractivity contribution in [1.29, 1.82) is 0 Å². The highest BCUT2D eigenvalue weighted by atomic mass is 16.1. The van der Waals surface area contributed by atoms with Crippen LogP contribution in [0.25, 0.3) is 0 Å². The molecule has 0 aromatic heterocycles. The van der Waals surface area contributed by atoms with Crippen LogP contribution in [-0.4, -0.2) is 5.91 Å². The average Bonchev–Trinajstić information content (AvgIpc) is 2.47. The van der Waals surface area contributed by atoms with Gasteiger partial charge in [-0.15, -0.1) is 0 Å². The first-order valence-electron chi connectivity index (χ1n) is 7.25. The quantitative estimate of drug-likeness (QED) is 0.826. The number of carbonyl (C=O) groups excluding carboxylic acids is 1. The van der Waals surface area contributed by atoms with Gasteiger partial charge in [-0.1, -0.05) is 36.4 Å². The molecule has 21 heavy (non-hydrogen) atoms. The first-order valence-corrected chi connectivity index (χ1v) is 7.25.